The summed E-state index contributed by atoms with van der Waals surface area (Å²) < 4.78 is 10.7. The SMILES string of the molecule is CCOC(=O)c1c(NC(=O)[C@@H](C)Oc2ccc(Cl)cc2Cl)sc(C)c1C. The summed E-state index contributed by atoms with van der Waals surface area (Å²) in [7, 11) is 0. The minimum absolute atomic E-state index is 0.259. The molecule has 0 aliphatic carbocycles. The number of amides is 1. The topological polar surface area (TPSA) is 64.6 Å². The van der Waals surface area contributed by atoms with Gasteiger partial charge < -0.3 is 14.8 Å². The Kier molecular flexibility index (Phi) is 6.92. The lowest BCUT2D eigenvalue weighted by Gasteiger charge is -2.16. The van der Waals surface area contributed by atoms with Gasteiger partial charge in [0, 0.05) is 9.90 Å². The van der Waals surface area contributed by atoms with E-state index in [1.165, 1.54) is 17.4 Å². The molecule has 0 spiro atoms. The lowest BCUT2D eigenvalue weighted by atomic mass is 10.1. The molecule has 0 fully saturated rings. The van der Waals surface area contributed by atoms with Crippen LogP contribution in [-0.2, 0) is 9.53 Å². The third kappa shape index (κ3) is 4.69. The molecular formula is C18H19Cl2NO4S. The zero-order valence-corrected chi connectivity index (χ0v) is 17.1. The molecular weight excluding hydrogens is 397 g/mol. The molecule has 0 aliphatic heterocycles. The van der Waals surface area contributed by atoms with Crippen LogP contribution in [0.15, 0.2) is 18.2 Å². The van der Waals surface area contributed by atoms with E-state index in [4.69, 9.17) is 32.7 Å². The molecule has 1 aromatic carbocycles. The van der Waals surface area contributed by atoms with Crippen LogP contribution in [0.4, 0.5) is 5.00 Å². The lowest BCUT2D eigenvalue weighted by molar-refractivity contribution is -0.122. The number of thiophene rings is 1. The zero-order valence-electron chi connectivity index (χ0n) is 14.8. The van der Waals surface area contributed by atoms with E-state index in [-0.39, 0.29) is 6.61 Å². The quantitative estimate of drug-likeness (QED) is 0.653. The van der Waals surface area contributed by atoms with Gasteiger partial charge in [-0.05, 0) is 51.5 Å². The highest BCUT2D eigenvalue weighted by Gasteiger charge is 2.24. The fourth-order valence-corrected chi connectivity index (χ4v) is 3.70. The molecule has 2 rings (SSSR count). The number of carbonyl (C=O) groups excluding carboxylic acids is 2. The van der Waals surface area contributed by atoms with E-state index in [0.29, 0.717) is 26.4 Å². The fraction of sp³-hybridized carbons (Fsp3) is 0.333. The number of hydrogen-bond donors (Lipinski definition) is 1. The number of esters is 1. The minimum atomic E-state index is -0.827. The minimum Gasteiger partial charge on any atom is -0.479 e. The van der Waals surface area contributed by atoms with Crippen LogP contribution in [-0.4, -0.2) is 24.6 Å². The normalized spacial score (nSPS) is 11.8. The van der Waals surface area contributed by atoms with E-state index in [9.17, 15) is 9.59 Å². The molecule has 1 amide bonds. The predicted molar refractivity (Wildman–Crippen MR) is 105 cm³/mol. The van der Waals surface area contributed by atoms with Gasteiger partial charge in [-0.25, -0.2) is 4.79 Å². The summed E-state index contributed by atoms with van der Waals surface area (Å²) in [5.41, 5.74) is 1.16. The van der Waals surface area contributed by atoms with Gasteiger partial charge in [0.2, 0.25) is 0 Å². The van der Waals surface area contributed by atoms with E-state index in [1.54, 1.807) is 26.0 Å². The van der Waals surface area contributed by atoms with E-state index in [2.05, 4.69) is 5.32 Å². The standard InChI is InChI=1S/C18H19Cl2NO4S/c1-5-24-18(23)15-9(2)11(4)26-17(15)21-16(22)10(3)25-14-7-6-12(19)8-13(14)20/h6-8,10H,5H2,1-4H3,(H,21,22)/t10-/m1/s1. The van der Waals surface area contributed by atoms with E-state index >= 15 is 0 Å². The Hall–Kier alpha value is -1.76. The molecule has 1 heterocycles. The summed E-state index contributed by atoms with van der Waals surface area (Å²) in [6.07, 6.45) is -0.827. The average Bonchev–Trinajstić information content (AvgIpc) is 2.84. The first-order valence-electron chi connectivity index (χ1n) is 7.94. The average molecular weight is 416 g/mol. The van der Waals surface area contributed by atoms with Crippen LogP contribution < -0.4 is 10.1 Å². The van der Waals surface area contributed by atoms with Crippen molar-refractivity contribution in [3.05, 3.63) is 44.2 Å². The van der Waals surface area contributed by atoms with Gasteiger partial charge in [-0.3, -0.25) is 4.79 Å². The van der Waals surface area contributed by atoms with Crippen molar-refractivity contribution in [2.24, 2.45) is 0 Å². The number of halogens is 2. The monoisotopic (exact) mass is 415 g/mol. The highest BCUT2D eigenvalue weighted by molar-refractivity contribution is 7.16. The van der Waals surface area contributed by atoms with Gasteiger partial charge in [-0.2, -0.15) is 0 Å². The van der Waals surface area contributed by atoms with Crippen LogP contribution in [0.5, 0.6) is 5.75 Å². The van der Waals surface area contributed by atoms with Crippen molar-refractivity contribution < 1.29 is 19.1 Å². The molecule has 0 unspecified atom stereocenters. The summed E-state index contributed by atoms with van der Waals surface area (Å²) in [4.78, 5) is 25.6. The number of hydrogen-bond acceptors (Lipinski definition) is 5. The van der Waals surface area contributed by atoms with E-state index in [1.807, 2.05) is 13.8 Å². The number of aryl methyl sites for hydroxylation is 1. The van der Waals surface area contributed by atoms with Gasteiger partial charge in [0.25, 0.3) is 5.91 Å². The van der Waals surface area contributed by atoms with Crippen molar-refractivity contribution in [2.45, 2.75) is 33.8 Å². The maximum absolute atomic E-state index is 12.5. The van der Waals surface area contributed by atoms with Crippen LogP contribution in [0.3, 0.4) is 0 Å². The summed E-state index contributed by atoms with van der Waals surface area (Å²) >= 11 is 13.2. The Balaban J connectivity index is 2.16. The molecule has 2 aromatic rings. The number of anilines is 1. The van der Waals surface area contributed by atoms with Gasteiger partial charge in [0.15, 0.2) is 6.10 Å². The number of rotatable bonds is 6. The first-order chi connectivity index (χ1) is 12.2. The van der Waals surface area contributed by atoms with Gasteiger partial charge in [0.05, 0.1) is 17.2 Å². The first-order valence-corrected chi connectivity index (χ1v) is 9.51. The van der Waals surface area contributed by atoms with Crippen LogP contribution in [0.25, 0.3) is 0 Å². The largest absolute Gasteiger partial charge is 0.479 e. The predicted octanol–water partition coefficient (Wildman–Crippen LogP) is 5.25. The van der Waals surface area contributed by atoms with Crippen molar-refractivity contribution >= 4 is 51.4 Å². The van der Waals surface area contributed by atoms with Crippen molar-refractivity contribution in [1.82, 2.24) is 0 Å². The van der Waals surface area contributed by atoms with Crippen LogP contribution >= 0.6 is 34.5 Å². The third-order valence-electron chi connectivity index (χ3n) is 3.67. The van der Waals surface area contributed by atoms with Crippen molar-refractivity contribution in [3.63, 3.8) is 0 Å². The molecule has 0 saturated heterocycles. The smallest absolute Gasteiger partial charge is 0.341 e. The molecule has 0 aliphatic rings. The van der Waals surface area contributed by atoms with E-state index < -0.39 is 18.0 Å². The number of benzene rings is 1. The maximum Gasteiger partial charge on any atom is 0.341 e. The molecule has 0 bridgehead atoms. The number of nitrogens with one attached hydrogen (secondary N) is 1. The number of carbonyl (C=O) groups is 2. The summed E-state index contributed by atoms with van der Waals surface area (Å²) in [6, 6.07) is 4.75. The molecule has 5 nitrogen and oxygen atoms in total. The van der Waals surface area contributed by atoms with Crippen molar-refractivity contribution in [3.8, 4) is 5.75 Å². The first kappa shape index (κ1) is 20.6. The Bertz CT molecular complexity index is 835. The highest BCUT2D eigenvalue weighted by atomic mass is 35.5. The zero-order chi connectivity index (χ0) is 19.4. The van der Waals surface area contributed by atoms with Crippen LogP contribution in [0.1, 0.15) is 34.6 Å². The molecule has 1 atom stereocenters. The van der Waals surface area contributed by atoms with E-state index in [0.717, 1.165) is 10.4 Å². The molecule has 0 radical (unpaired) electrons. The fourth-order valence-electron chi connectivity index (χ4n) is 2.19. The molecule has 140 valence electrons. The highest BCUT2D eigenvalue weighted by Crippen LogP contribution is 2.33. The third-order valence-corrected chi connectivity index (χ3v) is 5.32. The number of ether oxygens (including phenoxy) is 2. The molecule has 0 saturated carbocycles. The Morgan fingerprint density at radius 1 is 1.27 bits per heavy atom. The summed E-state index contributed by atoms with van der Waals surface area (Å²) in [5, 5.41) is 3.98. The summed E-state index contributed by atoms with van der Waals surface area (Å²) in [6.45, 7) is 7.29. The van der Waals surface area contributed by atoms with Gasteiger partial charge in [-0.1, -0.05) is 23.2 Å². The second-order valence-corrected chi connectivity index (χ2v) is 7.60. The van der Waals surface area contributed by atoms with Crippen LogP contribution in [0, 0.1) is 13.8 Å². The van der Waals surface area contributed by atoms with Gasteiger partial charge in [-0.15, -0.1) is 11.3 Å². The second-order valence-electron chi connectivity index (χ2n) is 5.53. The van der Waals surface area contributed by atoms with Gasteiger partial charge in [0.1, 0.15) is 10.8 Å². The van der Waals surface area contributed by atoms with Crippen molar-refractivity contribution in [2.75, 3.05) is 11.9 Å². The van der Waals surface area contributed by atoms with Crippen LogP contribution in [0.2, 0.25) is 10.0 Å². The Morgan fingerprint density at radius 2 is 1.96 bits per heavy atom. The Morgan fingerprint density at radius 3 is 2.58 bits per heavy atom. The van der Waals surface area contributed by atoms with Gasteiger partial charge >= 0.3 is 5.97 Å². The summed E-state index contributed by atoms with van der Waals surface area (Å²) in [5.74, 6) is -0.510. The second kappa shape index (κ2) is 8.75. The molecule has 1 aromatic heterocycles. The Labute approximate surface area is 166 Å². The molecule has 8 heteroatoms. The molecule has 26 heavy (non-hydrogen) atoms. The van der Waals surface area contributed by atoms with Crippen molar-refractivity contribution in [1.29, 1.82) is 0 Å². The lowest BCUT2D eigenvalue weighted by Crippen LogP contribution is -2.30. The maximum atomic E-state index is 12.5. The molecule has 1 N–H and O–H groups in total.